The molecule has 5 heteroatoms. The van der Waals surface area contributed by atoms with E-state index in [-0.39, 0.29) is 0 Å². The van der Waals surface area contributed by atoms with Gasteiger partial charge in [-0.15, -0.1) is 0 Å². The third-order valence-corrected chi connectivity index (χ3v) is 2.59. The van der Waals surface area contributed by atoms with Crippen LogP contribution in [0.15, 0.2) is 36.9 Å². The molecule has 0 bridgehead atoms. The van der Waals surface area contributed by atoms with Crippen LogP contribution in [-0.2, 0) is 11.3 Å². The molecule has 0 spiro atoms. The Hall–Kier alpha value is -2.01. The molecular weight excluding hydrogens is 280 g/mol. The quantitative estimate of drug-likeness (QED) is 0.573. The summed E-state index contributed by atoms with van der Waals surface area (Å²) in [7, 11) is 0. The van der Waals surface area contributed by atoms with Gasteiger partial charge in [0, 0.05) is 19.6 Å². The van der Waals surface area contributed by atoms with Crippen molar-refractivity contribution in [2.24, 2.45) is 0 Å². The highest BCUT2D eigenvalue weighted by Gasteiger charge is 2.15. The van der Waals surface area contributed by atoms with Crippen molar-refractivity contribution in [2.75, 3.05) is 19.7 Å². The standard InChI is InChI=1S/C17H26N2O3/c1-5-12-21-15-8-6-14(7-9-15)13-18-10-11-19-16(20)22-17(2,3)4/h5-9,18H,1,10-13H2,2-4H3,(H,19,20). The molecule has 0 unspecified atom stereocenters. The maximum Gasteiger partial charge on any atom is 0.407 e. The molecule has 0 radical (unpaired) electrons. The van der Waals surface area contributed by atoms with Crippen molar-refractivity contribution in [1.29, 1.82) is 0 Å². The molecule has 0 heterocycles. The molecule has 22 heavy (non-hydrogen) atoms. The predicted octanol–water partition coefficient (Wildman–Crippen LogP) is 2.87. The van der Waals surface area contributed by atoms with Gasteiger partial charge in [-0.1, -0.05) is 24.8 Å². The van der Waals surface area contributed by atoms with E-state index in [4.69, 9.17) is 9.47 Å². The monoisotopic (exact) mass is 306 g/mol. The summed E-state index contributed by atoms with van der Waals surface area (Å²) in [6.45, 7) is 11.6. The summed E-state index contributed by atoms with van der Waals surface area (Å²) in [5.41, 5.74) is 0.690. The molecule has 1 aromatic rings. The van der Waals surface area contributed by atoms with Crippen LogP contribution < -0.4 is 15.4 Å². The fourth-order valence-electron chi connectivity index (χ4n) is 1.66. The van der Waals surface area contributed by atoms with Gasteiger partial charge in [-0.2, -0.15) is 0 Å². The first-order valence-corrected chi connectivity index (χ1v) is 7.41. The van der Waals surface area contributed by atoms with Gasteiger partial charge >= 0.3 is 6.09 Å². The molecule has 0 atom stereocenters. The first kappa shape index (κ1) is 18.0. The second kappa shape index (κ2) is 9.10. The van der Waals surface area contributed by atoms with Crippen LogP contribution in [0.5, 0.6) is 5.75 Å². The van der Waals surface area contributed by atoms with Crippen LogP contribution in [0.2, 0.25) is 0 Å². The number of rotatable bonds is 8. The lowest BCUT2D eigenvalue weighted by molar-refractivity contribution is 0.0528. The van der Waals surface area contributed by atoms with Crippen LogP contribution in [0.25, 0.3) is 0 Å². The van der Waals surface area contributed by atoms with Crippen molar-refractivity contribution < 1.29 is 14.3 Å². The molecule has 0 aliphatic rings. The van der Waals surface area contributed by atoms with Gasteiger partial charge in [0.2, 0.25) is 0 Å². The molecule has 1 aromatic carbocycles. The van der Waals surface area contributed by atoms with Crippen molar-refractivity contribution >= 4 is 6.09 Å². The summed E-state index contributed by atoms with van der Waals surface area (Å²) in [4.78, 5) is 11.4. The summed E-state index contributed by atoms with van der Waals surface area (Å²) in [5, 5.41) is 5.96. The van der Waals surface area contributed by atoms with Crippen molar-refractivity contribution in [3.05, 3.63) is 42.5 Å². The Kier molecular flexibility index (Phi) is 7.46. The van der Waals surface area contributed by atoms with Gasteiger partial charge in [-0.3, -0.25) is 0 Å². The zero-order valence-electron chi connectivity index (χ0n) is 13.6. The van der Waals surface area contributed by atoms with E-state index in [2.05, 4.69) is 17.2 Å². The topological polar surface area (TPSA) is 59.6 Å². The van der Waals surface area contributed by atoms with Gasteiger partial charge in [-0.25, -0.2) is 4.79 Å². The Labute approximate surface area is 132 Å². The van der Waals surface area contributed by atoms with Crippen LogP contribution in [0, 0.1) is 0 Å². The van der Waals surface area contributed by atoms with Crippen molar-refractivity contribution in [3.8, 4) is 5.75 Å². The first-order valence-electron chi connectivity index (χ1n) is 7.41. The number of nitrogens with one attached hydrogen (secondary N) is 2. The van der Waals surface area contributed by atoms with E-state index >= 15 is 0 Å². The lowest BCUT2D eigenvalue weighted by Gasteiger charge is -2.19. The van der Waals surface area contributed by atoms with E-state index in [0.29, 0.717) is 19.7 Å². The van der Waals surface area contributed by atoms with E-state index in [9.17, 15) is 4.79 Å². The van der Waals surface area contributed by atoms with Crippen LogP contribution in [0.3, 0.4) is 0 Å². The van der Waals surface area contributed by atoms with Crippen LogP contribution in [0.1, 0.15) is 26.3 Å². The Bertz CT molecular complexity index is 464. The second-order valence-corrected chi connectivity index (χ2v) is 5.85. The molecule has 0 aliphatic heterocycles. The Morgan fingerprint density at radius 2 is 1.91 bits per heavy atom. The molecule has 1 amide bonds. The Morgan fingerprint density at radius 3 is 2.50 bits per heavy atom. The second-order valence-electron chi connectivity index (χ2n) is 5.85. The molecule has 0 saturated carbocycles. The predicted molar refractivity (Wildman–Crippen MR) is 88.1 cm³/mol. The van der Waals surface area contributed by atoms with Gasteiger partial charge in [0.15, 0.2) is 0 Å². The molecule has 0 aromatic heterocycles. The van der Waals surface area contributed by atoms with Gasteiger partial charge in [0.1, 0.15) is 18.0 Å². The van der Waals surface area contributed by atoms with E-state index in [1.807, 2.05) is 45.0 Å². The molecule has 2 N–H and O–H groups in total. The minimum absolute atomic E-state index is 0.391. The number of alkyl carbamates (subject to hydrolysis) is 1. The Morgan fingerprint density at radius 1 is 1.23 bits per heavy atom. The third kappa shape index (κ3) is 8.32. The molecule has 0 fully saturated rings. The van der Waals surface area contributed by atoms with Crippen molar-refractivity contribution in [2.45, 2.75) is 32.9 Å². The molecular formula is C17H26N2O3. The highest BCUT2D eigenvalue weighted by Crippen LogP contribution is 2.11. The summed E-state index contributed by atoms with van der Waals surface area (Å²) < 4.78 is 10.6. The maximum atomic E-state index is 11.4. The van der Waals surface area contributed by atoms with E-state index < -0.39 is 11.7 Å². The largest absolute Gasteiger partial charge is 0.490 e. The fourth-order valence-corrected chi connectivity index (χ4v) is 1.66. The smallest absolute Gasteiger partial charge is 0.407 e. The van der Waals surface area contributed by atoms with E-state index in [1.165, 1.54) is 0 Å². The molecule has 5 nitrogen and oxygen atoms in total. The fraction of sp³-hybridized carbons (Fsp3) is 0.471. The lowest BCUT2D eigenvalue weighted by Crippen LogP contribution is -2.36. The number of amides is 1. The van der Waals surface area contributed by atoms with Crippen LogP contribution >= 0.6 is 0 Å². The highest BCUT2D eigenvalue weighted by molar-refractivity contribution is 5.67. The van der Waals surface area contributed by atoms with Gasteiger partial charge < -0.3 is 20.1 Å². The van der Waals surface area contributed by atoms with Crippen molar-refractivity contribution in [1.82, 2.24) is 10.6 Å². The zero-order valence-corrected chi connectivity index (χ0v) is 13.6. The molecule has 122 valence electrons. The van der Waals surface area contributed by atoms with Crippen molar-refractivity contribution in [3.63, 3.8) is 0 Å². The Balaban J connectivity index is 2.16. The average Bonchev–Trinajstić information content (AvgIpc) is 2.44. The minimum atomic E-state index is -0.465. The van der Waals surface area contributed by atoms with E-state index in [0.717, 1.165) is 17.9 Å². The maximum absolute atomic E-state index is 11.4. The zero-order chi connectivity index (χ0) is 16.4. The SMILES string of the molecule is C=CCOc1ccc(CNCCNC(=O)OC(C)(C)C)cc1. The van der Waals surface area contributed by atoms with Gasteiger partial charge in [0.05, 0.1) is 0 Å². The number of hydrogen-bond donors (Lipinski definition) is 2. The highest BCUT2D eigenvalue weighted by atomic mass is 16.6. The third-order valence-electron chi connectivity index (χ3n) is 2.59. The number of carbonyl (C=O) groups excluding carboxylic acids is 1. The van der Waals surface area contributed by atoms with Crippen LogP contribution in [-0.4, -0.2) is 31.4 Å². The summed E-state index contributed by atoms with van der Waals surface area (Å²) in [6, 6.07) is 7.87. The summed E-state index contributed by atoms with van der Waals surface area (Å²) >= 11 is 0. The summed E-state index contributed by atoms with van der Waals surface area (Å²) in [6.07, 6.45) is 1.32. The van der Waals surface area contributed by atoms with Gasteiger partial charge in [0.25, 0.3) is 0 Å². The lowest BCUT2D eigenvalue weighted by atomic mass is 10.2. The molecule has 1 rings (SSSR count). The van der Waals surface area contributed by atoms with Crippen LogP contribution in [0.4, 0.5) is 4.79 Å². The number of hydrogen-bond acceptors (Lipinski definition) is 4. The van der Waals surface area contributed by atoms with Gasteiger partial charge in [-0.05, 0) is 38.5 Å². The number of carbonyl (C=O) groups is 1. The first-order chi connectivity index (χ1) is 10.4. The minimum Gasteiger partial charge on any atom is -0.490 e. The number of ether oxygens (including phenoxy) is 2. The average molecular weight is 306 g/mol. The molecule has 0 saturated heterocycles. The number of benzene rings is 1. The summed E-state index contributed by atoms with van der Waals surface area (Å²) in [5.74, 6) is 0.829. The van der Waals surface area contributed by atoms with E-state index in [1.54, 1.807) is 6.08 Å². The normalized spacial score (nSPS) is 10.9. The molecule has 0 aliphatic carbocycles.